The second kappa shape index (κ2) is 9.13. The van der Waals surface area contributed by atoms with E-state index < -0.39 is 32.7 Å². The van der Waals surface area contributed by atoms with Crippen LogP contribution in [0.15, 0.2) is 53.3 Å². The van der Waals surface area contributed by atoms with Crippen molar-refractivity contribution < 1.29 is 18.0 Å². The van der Waals surface area contributed by atoms with Crippen molar-refractivity contribution in [1.82, 2.24) is 17.3 Å². The number of aromatic nitrogens is 2. The standard InChI is InChI=1S/C21H22F3IN4O2/c1-25-29-19-8-3-2-7-18(19)28(20(29)30)14-11-26-9-12-27(13-10-26)31-17-6-4-5-16(15-17)21(22,23)24/h2-8,15H,1,9-14H2. The molecular weight excluding hydrogens is 524 g/mol. The fraction of sp³-hybridized carbons (Fsp3) is 0.333. The summed E-state index contributed by atoms with van der Waals surface area (Å²) in [5.41, 5.74) is 1.10. The maximum atomic E-state index is 12.9. The highest BCUT2D eigenvalue weighted by atomic mass is 127. The molecule has 0 atom stereocenters. The molecule has 1 aromatic heterocycles. The molecule has 2 aromatic carbocycles. The Balaban J connectivity index is 1.35. The van der Waals surface area contributed by atoms with Crippen molar-refractivity contribution in [2.75, 3.05) is 32.7 Å². The zero-order chi connectivity index (χ0) is 22.0. The van der Waals surface area contributed by atoms with E-state index in [-0.39, 0.29) is 11.4 Å². The van der Waals surface area contributed by atoms with E-state index in [1.807, 2.05) is 24.3 Å². The summed E-state index contributed by atoms with van der Waals surface area (Å²) >= 11 is -0.636. The lowest BCUT2D eigenvalue weighted by Crippen LogP contribution is -2.48. The smallest absolute Gasteiger partial charge is 0.406 e. The Morgan fingerprint density at radius 2 is 1.68 bits per heavy atom. The lowest BCUT2D eigenvalue weighted by molar-refractivity contribution is -0.138. The van der Waals surface area contributed by atoms with E-state index in [1.165, 1.54) is 12.1 Å². The lowest BCUT2D eigenvalue weighted by atomic mass is 10.2. The third kappa shape index (κ3) is 4.85. The normalized spacial score (nSPS) is 16.1. The Kier molecular flexibility index (Phi) is 6.49. The van der Waals surface area contributed by atoms with E-state index in [4.69, 9.17) is 4.84 Å². The number of alkyl halides is 3. The number of imidazole rings is 1. The number of para-hydroxylation sites is 2. The van der Waals surface area contributed by atoms with Gasteiger partial charge in [-0.1, -0.05) is 18.2 Å². The monoisotopic (exact) mass is 546 g/mol. The van der Waals surface area contributed by atoms with Crippen molar-refractivity contribution in [3.8, 4) is 5.75 Å². The molecule has 1 fully saturated rings. The van der Waals surface area contributed by atoms with E-state index in [2.05, 4.69) is 9.41 Å². The summed E-state index contributed by atoms with van der Waals surface area (Å²) in [6.45, 7) is 3.82. The minimum atomic E-state index is -4.39. The lowest BCUT2D eigenvalue weighted by Gasteiger charge is -2.34. The zero-order valence-electron chi connectivity index (χ0n) is 16.7. The predicted molar refractivity (Wildman–Crippen MR) is 123 cm³/mol. The van der Waals surface area contributed by atoms with Crippen molar-refractivity contribution >= 4 is 36.6 Å². The van der Waals surface area contributed by atoms with Gasteiger partial charge in [0.2, 0.25) is 0 Å². The fourth-order valence-corrected chi connectivity index (χ4v) is 4.99. The Morgan fingerprint density at radius 3 is 2.35 bits per heavy atom. The molecule has 1 saturated heterocycles. The first-order chi connectivity index (χ1) is 14.9. The number of hydrogen-bond donors (Lipinski definition) is 0. The molecule has 1 aliphatic rings. The van der Waals surface area contributed by atoms with Gasteiger partial charge in [0.15, 0.2) is 0 Å². The summed E-state index contributed by atoms with van der Waals surface area (Å²) < 4.78 is 46.1. The predicted octanol–water partition coefficient (Wildman–Crippen LogP) is 3.60. The minimum Gasteiger partial charge on any atom is -0.406 e. The zero-order valence-corrected chi connectivity index (χ0v) is 18.8. The van der Waals surface area contributed by atoms with Crippen molar-refractivity contribution in [1.29, 1.82) is 0 Å². The molecule has 0 amide bonds. The number of benzene rings is 2. The molecule has 0 radical (unpaired) electrons. The minimum absolute atomic E-state index is 0.0180. The number of piperazine rings is 1. The molecule has 0 saturated carbocycles. The summed E-state index contributed by atoms with van der Waals surface area (Å²) in [7, 11) is 0. The number of rotatable bonds is 6. The Labute approximate surface area is 187 Å². The SMILES string of the molecule is C=In1c(=O)n(CCN2CCN(Oc3cccc(C(F)(F)F)c3)CC2)c2ccccc21. The van der Waals surface area contributed by atoms with E-state index in [9.17, 15) is 18.0 Å². The molecule has 6 nitrogen and oxygen atoms in total. The maximum absolute atomic E-state index is 12.9. The summed E-state index contributed by atoms with van der Waals surface area (Å²) in [6.07, 6.45) is -4.39. The van der Waals surface area contributed by atoms with Crippen LogP contribution in [0, 0.1) is 0 Å². The van der Waals surface area contributed by atoms with E-state index >= 15 is 0 Å². The van der Waals surface area contributed by atoms with Crippen LogP contribution in [-0.2, 0) is 12.7 Å². The molecule has 4 rings (SSSR count). The molecule has 31 heavy (non-hydrogen) atoms. The van der Waals surface area contributed by atoms with Crippen LogP contribution in [0.4, 0.5) is 13.2 Å². The van der Waals surface area contributed by atoms with Gasteiger partial charge in [-0.15, -0.1) is 5.06 Å². The number of hydrogen-bond acceptors (Lipinski definition) is 4. The number of nitrogens with zero attached hydrogens (tertiary/aromatic N) is 4. The Bertz CT molecular complexity index is 1130. The number of halogens is 4. The van der Waals surface area contributed by atoms with Gasteiger partial charge >= 0.3 is 11.9 Å². The average molecular weight is 546 g/mol. The Morgan fingerprint density at radius 1 is 0.968 bits per heavy atom. The highest BCUT2D eigenvalue weighted by molar-refractivity contribution is 14.2. The van der Waals surface area contributed by atoms with E-state index in [0.717, 1.165) is 23.2 Å². The molecule has 2 heterocycles. The molecule has 3 aromatic rings. The molecule has 0 unspecified atom stereocenters. The molecule has 0 bridgehead atoms. The van der Waals surface area contributed by atoms with E-state index in [1.54, 1.807) is 12.4 Å². The summed E-state index contributed by atoms with van der Waals surface area (Å²) in [5, 5.41) is 1.68. The van der Waals surface area contributed by atoms with Crippen LogP contribution in [0.25, 0.3) is 11.0 Å². The van der Waals surface area contributed by atoms with Crippen LogP contribution in [0.5, 0.6) is 5.75 Å². The summed E-state index contributed by atoms with van der Waals surface area (Å²) in [5.74, 6) is 0.180. The van der Waals surface area contributed by atoms with Crippen molar-refractivity contribution in [2.24, 2.45) is 0 Å². The largest absolute Gasteiger partial charge is 0.416 e. The molecule has 0 aliphatic carbocycles. The number of fused-ring (bicyclic) bond motifs is 1. The van der Waals surface area contributed by atoms with Crippen LogP contribution < -0.4 is 10.5 Å². The first-order valence-electron chi connectivity index (χ1n) is 9.78. The van der Waals surface area contributed by atoms with Crippen LogP contribution in [0.1, 0.15) is 5.56 Å². The van der Waals surface area contributed by atoms with Crippen molar-refractivity contribution in [2.45, 2.75) is 12.7 Å². The number of hydroxylamine groups is 2. The average Bonchev–Trinajstić information content (AvgIpc) is 3.03. The molecule has 10 heteroatoms. The van der Waals surface area contributed by atoms with Crippen LogP contribution >= 0.6 is 21.0 Å². The highest BCUT2D eigenvalue weighted by Gasteiger charge is 2.31. The molecule has 166 valence electrons. The second-order valence-electron chi connectivity index (χ2n) is 7.21. The highest BCUT2D eigenvalue weighted by Crippen LogP contribution is 2.31. The van der Waals surface area contributed by atoms with Crippen LogP contribution in [-0.4, -0.2) is 54.5 Å². The third-order valence-electron chi connectivity index (χ3n) is 5.27. The third-order valence-corrected chi connectivity index (χ3v) is 6.88. The summed E-state index contributed by atoms with van der Waals surface area (Å²) in [4.78, 5) is 20.6. The maximum Gasteiger partial charge on any atom is 0.416 e. The molecule has 0 spiro atoms. The summed E-state index contributed by atoms with van der Waals surface area (Å²) in [6, 6.07) is 12.7. The van der Waals surface area contributed by atoms with Gasteiger partial charge in [-0.3, -0.25) is 9.47 Å². The Hall–Kier alpha value is -2.18. The van der Waals surface area contributed by atoms with Gasteiger partial charge in [0.25, 0.3) is 0 Å². The van der Waals surface area contributed by atoms with Gasteiger partial charge < -0.3 is 4.84 Å². The second-order valence-corrected chi connectivity index (χ2v) is 8.86. The van der Waals surface area contributed by atoms with Gasteiger partial charge in [-0.2, -0.15) is 13.2 Å². The van der Waals surface area contributed by atoms with Crippen molar-refractivity contribution in [3.63, 3.8) is 0 Å². The molecule has 0 N–H and O–H groups in total. The first-order valence-corrected chi connectivity index (χ1v) is 12.3. The van der Waals surface area contributed by atoms with Crippen LogP contribution in [0.3, 0.4) is 0 Å². The van der Waals surface area contributed by atoms with E-state index in [0.29, 0.717) is 39.3 Å². The van der Waals surface area contributed by atoms with Gasteiger partial charge in [0.05, 0.1) is 16.6 Å². The topological polar surface area (TPSA) is 42.6 Å². The van der Waals surface area contributed by atoms with Gasteiger partial charge in [-0.25, -0.2) is 7.58 Å². The van der Waals surface area contributed by atoms with Gasteiger partial charge in [0.1, 0.15) is 5.75 Å². The first kappa shape index (κ1) is 22.0. The fourth-order valence-electron chi connectivity index (χ4n) is 3.67. The molecule has 1 aliphatic heterocycles. The van der Waals surface area contributed by atoms with Gasteiger partial charge in [-0.05, 0) is 34.8 Å². The van der Waals surface area contributed by atoms with Crippen molar-refractivity contribution in [3.05, 3.63) is 64.6 Å². The molecular formula is C21H22F3IN4O2. The van der Waals surface area contributed by atoms with Crippen LogP contribution in [0.2, 0.25) is 0 Å². The van der Waals surface area contributed by atoms with Gasteiger partial charge in [0, 0.05) is 60.3 Å². The quantitative estimate of drug-likeness (QED) is 0.444.